The summed E-state index contributed by atoms with van der Waals surface area (Å²) in [5, 5.41) is 13.2. The monoisotopic (exact) mass is 218 g/mol. The summed E-state index contributed by atoms with van der Waals surface area (Å²) in [6.07, 6.45) is 4.13. The molecule has 2 heterocycles. The molecule has 1 aromatic heterocycles. The van der Waals surface area contributed by atoms with Crippen molar-refractivity contribution < 1.29 is 0 Å². The van der Waals surface area contributed by atoms with E-state index in [4.69, 9.17) is 5.26 Å². The second kappa shape index (κ2) is 4.67. The first-order valence-electron chi connectivity index (χ1n) is 5.80. The average molecular weight is 218 g/mol. The van der Waals surface area contributed by atoms with Gasteiger partial charge in [-0.2, -0.15) is 10.4 Å². The third-order valence-corrected chi connectivity index (χ3v) is 3.42. The van der Waals surface area contributed by atoms with E-state index in [1.165, 1.54) is 11.3 Å². The molecule has 1 aliphatic heterocycles. The van der Waals surface area contributed by atoms with Gasteiger partial charge in [-0.15, -0.1) is 0 Å². The fourth-order valence-corrected chi connectivity index (χ4v) is 2.24. The topological polar surface area (TPSA) is 44.9 Å². The number of aryl methyl sites for hydroxylation is 1. The van der Waals surface area contributed by atoms with E-state index >= 15 is 0 Å². The quantitative estimate of drug-likeness (QED) is 0.755. The van der Waals surface area contributed by atoms with Gasteiger partial charge in [-0.25, -0.2) is 0 Å². The second-order valence-electron chi connectivity index (χ2n) is 4.58. The lowest BCUT2D eigenvalue weighted by molar-refractivity contribution is 0.192. The maximum atomic E-state index is 8.94. The second-order valence-corrected chi connectivity index (χ2v) is 4.58. The Morgan fingerprint density at radius 3 is 3.06 bits per heavy atom. The van der Waals surface area contributed by atoms with E-state index in [1.807, 2.05) is 17.9 Å². The van der Waals surface area contributed by atoms with E-state index in [1.54, 1.807) is 0 Å². The summed E-state index contributed by atoms with van der Waals surface area (Å²) < 4.78 is 1.90. The van der Waals surface area contributed by atoms with Crippen molar-refractivity contribution in [2.24, 2.45) is 13.0 Å². The van der Waals surface area contributed by atoms with Crippen LogP contribution in [0.25, 0.3) is 0 Å². The maximum absolute atomic E-state index is 8.94. The summed E-state index contributed by atoms with van der Waals surface area (Å²) in [6, 6.07) is 2.38. The SMILES string of the molecule is Cc1c(CN2CCC[C@H](C#N)C2)cnn1C. The zero-order valence-corrected chi connectivity index (χ0v) is 9.98. The van der Waals surface area contributed by atoms with E-state index in [2.05, 4.69) is 23.0 Å². The Hall–Kier alpha value is -1.34. The van der Waals surface area contributed by atoms with Crippen LogP contribution in [0, 0.1) is 24.2 Å². The van der Waals surface area contributed by atoms with E-state index in [-0.39, 0.29) is 5.92 Å². The third-order valence-electron chi connectivity index (χ3n) is 3.42. The molecule has 1 aliphatic rings. The van der Waals surface area contributed by atoms with Crippen LogP contribution in [0.15, 0.2) is 6.20 Å². The molecule has 1 aromatic rings. The van der Waals surface area contributed by atoms with Crippen LogP contribution >= 0.6 is 0 Å². The Morgan fingerprint density at radius 2 is 2.44 bits per heavy atom. The van der Waals surface area contributed by atoms with Crippen molar-refractivity contribution in [1.82, 2.24) is 14.7 Å². The Bertz CT molecular complexity index is 402. The van der Waals surface area contributed by atoms with Gasteiger partial charge in [-0.05, 0) is 26.3 Å². The molecule has 0 radical (unpaired) electrons. The van der Waals surface area contributed by atoms with Crippen molar-refractivity contribution >= 4 is 0 Å². The van der Waals surface area contributed by atoms with Crippen LogP contribution in [0.1, 0.15) is 24.1 Å². The highest BCUT2D eigenvalue weighted by Gasteiger charge is 2.20. The largest absolute Gasteiger partial charge is 0.298 e. The summed E-state index contributed by atoms with van der Waals surface area (Å²) >= 11 is 0. The zero-order chi connectivity index (χ0) is 11.5. The Labute approximate surface area is 96.5 Å². The van der Waals surface area contributed by atoms with Crippen molar-refractivity contribution in [3.8, 4) is 6.07 Å². The summed E-state index contributed by atoms with van der Waals surface area (Å²) in [5.41, 5.74) is 2.50. The van der Waals surface area contributed by atoms with Gasteiger partial charge >= 0.3 is 0 Å². The number of nitriles is 1. The molecule has 1 saturated heterocycles. The smallest absolute Gasteiger partial charge is 0.0669 e. The van der Waals surface area contributed by atoms with Crippen LogP contribution in [0.5, 0.6) is 0 Å². The predicted molar refractivity (Wildman–Crippen MR) is 61.6 cm³/mol. The number of hydrogen-bond acceptors (Lipinski definition) is 3. The molecule has 0 amide bonds. The van der Waals surface area contributed by atoms with Gasteiger partial charge in [0.2, 0.25) is 0 Å². The molecule has 4 heteroatoms. The number of rotatable bonds is 2. The summed E-state index contributed by atoms with van der Waals surface area (Å²) in [4.78, 5) is 2.36. The minimum Gasteiger partial charge on any atom is -0.298 e. The standard InChI is InChI=1S/C12H18N4/c1-10-12(7-14-15(10)2)9-16-5-3-4-11(6-13)8-16/h7,11H,3-5,8-9H2,1-2H3/t11-/m1/s1. The molecule has 1 atom stereocenters. The van der Waals surface area contributed by atoms with Gasteiger partial charge in [0.25, 0.3) is 0 Å². The van der Waals surface area contributed by atoms with Crippen LogP contribution in [-0.4, -0.2) is 27.8 Å². The van der Waals surface area contributed by atoms with Gasteiger partial charge in [0.1, 0.15) is 0 Å². The minimum atomic E-state index is 0.214. The number of hydrogen-bond donors (Lipinski definition) is 0. The molecule has 4 nitrogen and oxygen atoms in total. The third kappa shape index (κ3) is 2.25. The normalized spacial score (nSPS) is 21.9. The van der Waals surface area contributed by atoms with Crippen LogP contribution in [0.4, 0.5) is 0 Å². The molecular formula is C12H18N4. The Morgan fingerprint density at radius 1 is 1.62 bits per heavy atom. The lowest BCUT2D eigenvalue weighted by atomic mass is 9.99. The molecule has 16 heavy (non-hydrogen) atoms. The summed E-state index contributed by atoms with van der Waals surface area (Å²) in [5.74, 6) is 0.214. The number of piperidine rings is 1. The van der Waals surface area contributed by atoms with Crippen molar-refractivity contribution in [3.63, 3.8) is 0 Å². The summed E-state index contributed by atoms with van der Waals surface area (Å²) in [7, 11) is 1.97. The van der Waals surface area contributed by atoms with E-state index in [9.17, 15) is 0 Å². The predicted octanol–water partition coefficient (Wildman–Crippen LogP) is 1.46. The molecule has 0 saturated carbocycles. The van der Waals surface area contributed by atoms with Gasteiger partial charge in [0.15, 0.2) is 0 Å². The summed E-state index contributed by atoms with van der Waals surface area (Å²) in [6.45, 7) is 5.03. The van der Waals surface area contributed by atoms with E-state index < -0.39 is 0 Å². The molecule has 0 aliphatic carbocycles. The fraction of sp³-hybridized carbons (Fsp3) is 0.667. The average Bonchev–Trinajstić information content (AvgIpc) is 2.61. The van der Waals surface area contributed by atoms with E-state index in [0.29, 0.717) is 0 Å². The highest BCUT2D eigenvalue weighted by molar-refractivity contribution is 5.15. The highest BCUT2D eigenvalue weighted by atomic mass is 15.3. The molecular weight excluding hydrogens is 200 g/mol. The first kappa shape index (κ1) is 11.2. The molecule has 1 fully saturated rings. The van der Waals surface area contributed by atoms with Gasteiger partial charge < -0.3 is 0 Å². The molecule has 0 N–H and O–H groups in total. The van der Waals surface area contributed by atoms with Crippen molar-refractivity contribution in [2.75, 3.05) is 13.1 Å². The van der Waals surface area contributed by atoms with Gasteiger partial charge in [-0.3, -0.25) is 9.58 Å². The molecule has 0 aromatic carbocycles. The fourth-order valence-electron chi connectivity index (χ4n) is 2.24. The van der Waals surface area contributed by atoms with Crippen LogP contribution in [0.2, 0.25) is 0 Å². The van der Waals surface area contributed by atoms with Crippen molar-refractivity contribution in [3.05, 3.63) is 17.5 Å². The maximum Gasteiger partial charge on any atom is 0.0669 e. The Balaban J connectivity index is 2.00. The van der Waals surface area contributed by atoms with Crippen molar-refractivity contribution in [1.29, 1.82) is 5.26 Å². The van der Waals surface area contributed by atoms with Crippen LogP contribution in [0.3, 0.4) is 0 Å². The first-order valence-corrected chi connectivity index (χ1v) is 5.80. The van der Waals surface area contributed by atoms with E-state index in [0.717, 1.165) is 32.5 Å². The lowest BCUT2D eigenvalue weighted by Gasteiger charge is -2.29. The van der Waals surface area contributed by atoms with Crippen molar-refractivity contribution in [2.45, 2.75) is 26.3 Å². The Kier molecular flexibility index (Phi) is 3.25. The molecule has 0 unspecified atom stereocenters. The lowest BCUT2D eigenvalue weighted by Crippen LogP contribution is -2.34. The molecule has 0 spiro atoms. The van der Waals surface area contributed by atoms with Crippen LogP contribution < -0.4 is 0 Å². The molecule has 86 valence electrons. The number of likely N-dealkylation sites (tertiary alicyclic amines) is 1. The van der Waals surface area contributed by atoms with Gasteiger partial charge in [0.05, 0.1) is 18.2 Å². The molecule has 0 bridgehead atoms. The van der Waals surface area contributed by atoms with Gasteiger partial charge in [-0.1, -0.05) is 0 Å². The minimum absolute atomic E-state index is 0.214. The van der Waals surface area contributed by atoms with Gasteiger partial charge in [0, 0.05) is 31.4 Å². The number of aromatic nitrogens is 2. The molecule has 2 rings (SSSR count). The highest BCUT2D eigenvalue weighted by Crippen LogP contribution is 2.18. The van der Waals surface area contributed by atoms with Crippen LogP contribution in [-0.2, 0) is 13.6 Å². The first-order chi connectivity index (χ1) is 7.70. The zero-order valence-electron chi connectivity index (χ0n) is 9.98. The number of nitrogens with zero attached hydrogens (tertiary/aromatic N) is 4.